The van der Waals surface area contributed by atoms with E-state index >= 15 is 0 Å². The van der Waals surface area contributed by atoms with E-state index in [9.17, 15) is 0 Å². The Labute approximate surface area is 115 Å². The van der Waals surface area contributed by atoms with Gasteiger partial charge in [-0.25, -0.2) is 4.98 Å². The first-order valence-corrected chi connectivity index (χ1v) is 6.22. The Balaban J connectivity index is 2.49. The number of pyridine rings is 1. The molecular formula is C13H12Cl2N2O. The topological polar surface area (TPSA) is 48.1 Å². The Bertz CT molecular complexity index is 573. The van der Waals surface area contributed by atoms with Gasteiger partial charge < -0.3 is 10.5 Å². The zero-order chi connectivity index (χ0) is 13.1. The summed E-state index contributed by atoms with van der Waals surface area (Å²) in [4.78, 5) is 4.21. The third-order valence-corrected chi connectivity index (χ3v) is 2.98. The molecule has 2 aromatic rings. The molecule has 0 aliphatic rings. The van der Waals surface area contributed by atoms with E-state index in [2.05, 4.69) is 4.98 Å². The van der Waals surface area contributed by atoms with Gasteiger partial charge in [0, 0.05) is 11.6 Å². The molecule has 0 spiro atoms. The maximum atomic E-state index is 6.20. The van der Waals surface area contributed by atoms with Crippen molar-refractivity contribution in [2.75, 3.05) is 12.3 Å². The number of nitrogen functional groups attached to an aromatic ring is 1. The molecule has 0 fully saturated rings. The highest BCUT2D eigenvalue weighted by Crippen LogP contribution is 2.36. The summed E-state index contributed by atoms with van der Waals surface area (Å²) in [6.45, 7) is 2.42. The molecule has 0 saturated heterocycles. The molecule has 0 unspecified atom stereocenters. The Hall–Kier alpha value is -1.45. The third kappa shape index (κ3) is 2.68. The van der Waals surface area contributed by atoms with Crippen molar-refractivity contribution in [3.05, 3.63) is 40.4 Å². The van der Waals surface area contributed by atoms with Crippen molar-refractivity contribution in [1.29, 1.82) is 0 Å². The fourth-order valence-corrected chi connectivity index (χ4v) is 2.06. The highest BCUT2D eigenvalue weighted by atomic mass is 35.5. The summed E-state index contributed by atoms with van der Waals surface area (Å²) in [5.74, 6) is 1.00. The van der Waals surface area contributed by atoms with Gasteiger partial charge >= 0.3 is 0 Å². The average Bonchev–Trinajstić information content (AvgIpc) is 2.33. The molecule has 5 heteroatoms. The zero-order valence-electron chi connectivity index (χ0n) is 9.78. The predicted octanol–water partition coefficient (Wildman–Crippen LogP) is 4.04. The van der Waals surface area contributed by atoms with Crippen LogP contribution in [0.15, 0.2) is 30.3 Å². The van der Waals surface area contributed by atoms with Crippen molar-refractivity contribution in [1.82, 2.24) is 4.98 Å². The summed E-state index contributed by atoms with van der Waals surface area (Å²) in [5.41, 5.74) is 7.07. The van der Waals surface area contributed by atoms with Crippen LogP contribution in [0.4, 0.5) is 5.82 Å². The normalized spacial score (nSPS) is 10.4. The fraction of sp³-hybridized carbons (Fsp3) is 0.154. The maximum absolute atomic E-state index is 6.20. The smallest absolute Gasteiger partial charge is 0.139 e. The molecule has 0 atom stereocenters. The van der Waals surface area contributed by atoms with E-state index in [1.165, 1.54) is 0 Å². The second-order valence-electron chi connectivity index (χ2n) is 3.64. The summed E-state index contributed by atoms with van der Waals surface area (Å²) in [7, 11) is 0. The first-order chi connectivity index (χ1) is 8.61. The lowest BCUT2D eigenvalue weighted by Crippen LogP contribution is -1.95. The van der Waals surface area contributed by atoms with Gasteiger partial charge in [-0.1, -0.05) is 29.3 Å². The molecule has 2 N–H and O–H groups in total. The molecule has 1 heterocycles. The van der Waals surface area contributed by atoms with E-state index < -0.39 is 0 Å². The Morgan fingerprint density at radius 1 is 1.22 bits per heavy atom. The minimum atomic E-state index is 0.438. The third-order valence-electron chi connectivity index (χ3n) is 2.37. The number of hydrogen-bond acceptors (Lipinski definition) is 3. The van der Waals surface area contributed by atoms with Crippen LogP contribution in [0.25, 0.3) is 11.3 Å². The van der Waals surface area contributed by atoms with Crippen molar-refractivity contribution >= 4 is 29.0 Å². The van der Waals surface area contributed by atoms with Gasteiger partial charge in [0.1, 0.15) is 11.6 Å². The summed E-state index contributed by atoms with van der Waals surface area (Å²) >= 11 is 12.3. The van der Waals surface area contributed by atoms with Crippen LogP contribution in [0.2, 0.25) is 10.0 Å². The van der Waals surface area contributed by atoms with Gasteiger partial charge in [-0.2, -0.15) is 0 Å². The molecule has 2 rings (SSSR count). The molecule has 0 saturated carbocycles. The number of ether oxygens (including phenoxy) is 1. The summed E-state index contributed by atoms with van der Waals surface area (Å²) in [5, 5.41) is 1.03. The van der Waals surface area contributed by atoms with Crippen molar-refractivity contribution in [3.63, 3.8) is 0 Å². The molecule has 1 aromatic heterocycles. The number of aromatic nitrogens is 1. The quantitative estimate of drug-likeness (QED) is 0.924. The molecule has 0 aliphatic heterocycles. The molecule has 18 heavy (non-hydrogen) atoms. The number of anilines is 1. The van der Waals surface area contributed by atoms with Crippen LogP contribution in [0, 0.1) is 0 Å². The van der Waals surface area contributed by atoms with Crippen LogP contribution in [0.5, 0.6) is 5.75 Å². The number of benzene rings is 1. The van der Waals surface area contributed by atoms with Crippen LogP contribution in [-0.2, 0) is 0 Å². The Morgan fingerprint density at radius 3 is 2.67 bits per heavy atom. The maximum Gasteiger partial charge on any atom is 0.139 e. The lowest BCUT2D eigenvalue weighted by Gasteiger charge is -2.10. The second kappa shape index (κ2) is 5.46. The number of hydrogen-bond donors (Lipinski definition) is 1. The SMILES string of the molecule is CCOc1cc(Cl)c(-c2cccc(N)n2)cc1Cl. The van der Waals surface area contributed by atoms with Crippen LogP contribution < -0.4 is 10.5 Å². The number of halogens is 2. The minimum Gasteiger partial charge on any atom is -0.492 e. The largest absolute Gasteiger partial charge is 0.492 e. The van der Waals surface area contributed by atoms with Gasteiger partial charge in [-0.15, -0.1) is 0 Å². The van der Waals surface area contributed by atoms with Gasteiger partial charge in [0.25, 0.3) is 0 Å². The lowest BCUT2D eigenvalue weighted by atomic mass is 10.1. The summed E-state index contributed by atoms with van der Waals surface area (Å²) in [6.07, 6.45) is 0. The Kier molecular flexibility index (Phi) is 3.94. The molecule has 0 amide bonds. The van der Waals surface area contributed by atoms with Crippen LogP contribution in [0.3, 0.4) is 0 Å². The van der Waals surface area contributed by atoms with Gasteiger partial charge in [0.05, 0.1) is 22.3 Å². The highest BCUT2D eigenvalue weighted by Gasteiger charge is 2.11. The van der Waals surface area contributed by atoms with Gasteiger partial charge in [-0.05, 0) is 25.1 Å². The standard InChI is InChI=1S/C13H12Cl2N2O/c1-2-18-12-7-9(14)8(6-10(12)15)11-4-3-5-13(16)17-11/h3-7H,2H2,1H3,(H2,16,17). The lowest BCUT2D eigenvalue weighted by molar-refractivity contribution is 0.340. The fourth-order valence-electron chi connectivity index (χ4n) is 1.59. The summed E-state index contributed by atoms with van der Waals surface area (Å²) in [6, 6.07) is 8.78. The molecular weight excluding hydrogens is 271 g/mol. The predicted molar refractivity (Wildman–Crippen MR) is 75.3 cm³/mol. The number of nitrogens with two attached hydrogens (primary N) is 1. The average molecular weight is 283 g/mol. The minimum absolute atomic E-state index is 0.438. The van der Waals surface area contributed by atoms with Crippen LogP contribution in [0.1, 0.15) is 6.92 Å². The molecule has 3 nitrogen and oxygen atoms in total. The van der Waals surface area contributed by atoms with Gasteiger partial charge in [-0.3, -0.25) is 0 Å². The second-order valence-corrected chi connectivity index (χ2v) is 4.46. The zero-order valence-corrected chi connectivity index (χ0v) is 11.3. The van der Waals surface area contributed by atoms with E-state index in [1.54, 1.807) is 18.2 Å². The number of nitrogens with zero attached hydrogens (tertiary/aromatic N) is 1. The van der Waals surface area contributed by atoms with E-state index in [0.717, 1.165) is 5.56 Å². The first kappa shape index (κ1) is 13.0. The van der Waals surface area contributed by atoms with Crippen molar-refractivity contribution in [2.45, 2.75) is 6.92 Å². The van der Waals surface area contributed by atoms with Gasteiger partial charge in [0.2, 0.25) is 0 Å². The number of rotatable bonds is 3. The van der Waals surface area contributed by atoms with E-state index in [4.69, 9.17) is 33.7 Å². The highest BCUT2D eigenvalue weighted by molar-refractivity contribution is 6.36. The molecule has 1 aromatic carbocycles. The van der Waals surface area contributed by atoms with E-state index in [0.29, 0.717) is 33.9 Å². The molecule has 0 bridgehead atoms. The van der Waals surface area contributed by atoms with E-state index in [-0.39, 0.29) is 0 Å². The van der Waals surface area contributed by atoms with Crippen molar-refractivity contribution in [3.8, 4) is 17.0 Å². The van der Waals surface area contributed by atoms with Crippen LogP contribution >= 0.6 is 23.2 Å². The molecule has 0 aliphatic carbocycles. The Morgan fingerprint density at radius 2 is 2.00 bits per heavy atom. The molecule has 94 valence electrons. The summed E-state index contributed by atoms with van der Waals surface area (Å²) < 4.78 is 5.37. The molecule has 0 radical (unpaired) electrons. The van der Waals surface area contributed by atoms with Gasteiger partial charge in [0.15, 0.2) is 0 Å². The van der Waals surface area contributed by atoms with Crippen molar-refractivity contribution in [2.24, 2.45) is 0 Å². The monoisotopic (exact) mass is 282 g/mol. The van der Waals surface area contributed by atoms with E-state index in [1.807, 2.05) is 19.1 Å². The van der Waals surface area contributed by atoms with Crippen LogP contribution in [-0.4, -0.2) is 11.6 Å². The van der Waals surface area contributed by atoms with Crippen molar-refractivity contribution < 1.29 is 4.74 Å². The first-order valence-electron chi connectivity index (χ1n) is 5.46.